The highest BCUT2D eigenvalue weighted by Gasteiger charge is 2.04. The number of guanidine groups is 1. The van der Waals surface area contributed by atoms with E-state index in [1.807, 2.05) is 50.4 Å². The Kier molecular flexibility index (Phi) is 9.60. The summed E-state index contributed by atoms with van der Waals surface area (Å²) in [6.07, 6.45) is 1.74. The zero-order chi connectivity index (χ0) is 17.2. The van der Waals surface area contributed by atoms with Gasteiger partial charge in [0.15, 0.2) is 5.96 Å². The maximum absolute atomic E-state index is 11.9. The van der Waals surface area contributed by atoms with E-state index >= 15 is 0 Å². The first kappa shape index (κ1) is 20.9. The summed E-state index contributed by atoms with van der Waals surface area (Å²) in [6.45, 7) is 3.89. The third kappa shape index (κ3) is 7.55. The number of carbonyl (C=O) groups is 1. The van der Waals surface area contributed by atoms with Crippen molar-refractivity contribution in [1.82, 2.24) is 25.7 Å². The average molecular weight is 456 g/mol. The largest absolute Gasteiger partial charge is 0.357 e. The molecule has 0 aliphatic heterocycles. The van der Waals surface area contributed by atoms with Crippen LogP contribution in [0.1, 0.15) is 18.2 Å². The third-order valence-electron chi connectivity index (χ3n) is 3.41. The number of hydrogen-bond donors (Lipinski definition) is 3. The second-order valence-electron chi connectivity index (χ2n) is 5.26. The van der Waals surface area contributed by atoms with Crippen molar-refractivity contribution in [3.8, 4) is 0 Å². The number of nitrogens with zero attached hydrogens (tertiary/aromatic N) is 3. The highest BCUT2D eigenvalue weighted by Crippen LogP contribution is 1.98. The van der Waals surface area contributed by atoms with Gasteiger partial charge in [-0.25, -0.2) is 4.99 Å². The molecule has 0 atom stereocenters. The minimum absolute atomic E-state index is 0. The van der Waals surface area contributed by atoms with Gasteiger partial charge in [0.25, 0.3) is 0 Å². The van der Waals surface area contributed by atoms with Crippen LogP contribution in [0.2, 0.25) is 0 Å². The predicted octanol–water partition coefficient (Wildman–Crippen LogP) is 1.41. The Morgan fingerprint density at radius 3 is 2.56 bits per heavy atom. The second kappa shape index (κ2) is 11.5. The molecular weight excluding hydrogens is 431 g/mol. The van der Waals surface area contributed by atoms with E-state index in [-0.39, 0.29) is 36.4 Å². The van der Waals surface area contributed by atoms with E-state index in [9.17, 15) is 4.79 Å². The first-order valence-corrected chi connectivity index (χ1v) is 7.98. The van der Waals surface area contributed by atoms with Crippen molar-refractivity contribution < 1.29 is 4.79 Å². The second-order valence-corrected chi connectivity index (χ2v) is 5.26. The van der Waals surface area contributed by atoms with Crippen LogP contribution in [0.5, 0.6) is 0 Å². The molecule has 1 aromatic carbocycles. The average Bonchev–Trinajstić information content (AvgIpc) is 3.01. The molecule has 25 heavy (non-hydrogen) atoms. The van der Waals surface area contributed by atoms with Crippen molar-refractivity contribution in [3.05, 3.63) is 53.9 Å². The van der Waals surface area contributed by atoms with Crippen molar-refractivity contribution in [2.45, 2.75) is 20.0 Å². The first-order chi connectivity index (χ1) is 11.7. The van der Waals surface area contributed by atoms with E-state index in [0.29, 0.717) is 19.0 Å². The fourth-order valence-electron chi connectivity index (χ4n) is 2.08. The Bertz CT molecular complexity index is 671. The summed E-state index contributed by atoms with van der Waals surface area (Å²) >= 11 is 0. The quantitative estimate of drug-likeness (QED) is 0.334. The minimum Gasteiger partial charge on any atom is -0.357 e. The fourth-order valence-corrected chi connectivity index (χ4v) is 2.08. The number of amides is 1. The van der Waals surface area contributed by atoms with Crippen molar-refractivity contribution >= 4 is 35.8 Å². The topological polar surface area (TPSA) is 83.3 Å². The zero-order valence-electron chi connectivity index (χ0n) is 14.5. The van der Waals surface area contributed by atoms with Crippen LogP contribution < -0.4 is 16.0 Å². The molecule has 7 nitrogen and oxygen atoms in total. The van der Waals surface area contributed by atoms with Gasteiger partial charge in [-0.1, -0.05) is 30.3 Å². The molecule has 0 aliphatic carbocycles. The SMILES string of the molecule is CCNC(=NCc1ccnn1C)NCC(=O)NCc1ccccc1.I. The summed E-state index contributed by atoms with van der Waals surface area (Å²) < 4.78 is 1.78. The van der Waals surface area contributed by atoms with Crippen LogP contribution in [-0.4, -0.2) is 34.7 Å². The number of benzene rings is 1. The Hall–Kier alpha value is -2.10. The van der Waals surface area contributed by atoms with Crippen LogP contribution in [-0.2, 0) is 24.9 Å². The smallest absolute Gasteiger partial charge is 0.239 e. The van der Waals surface area contributed by atoms with Crippen LogP contribution in [0.4, 0.5) is 0 Å². The molecule has 0 saturated carbocycles. The first-order valence-electron chi connectivity index (χ1n) is 7.98. The summed E-state index contributed by atoms with van der Waals surface area (Å²) in [7, 11) is 1.88. The van der Waals surface area contributed by atoms with Crippen LogP contribution >= 0.6 is 24.0 Å². The maximum Gasteiger partial charge on any atom is 0.239 e. The van der Waals surface area contributed by atoms with Gasteiger partial charge in [-0.15, -0.1) is 24.0 Å². The molecular formula is C17H25IN6O. The standard InChI is InChI=1S/C17H24N6O.HI/c1-3-18-17(20-12-15-9-10-22-23(15)2)21-13-16(24)19-11-14-7-5-4-6-8-14;/h4-10H,3,11-13H2,1-2H3,(H,19,24)(H2,18,20,21);1H. The van der Waals surface area contributed by atoms with E-state index in [1.165, 1.54) is 0 Å². The molecule has 2 rings (SSSR count). The summed E-state index contributed by atoms with van der Waals surface area (Å²) in [4.78, 5) is 16.4. The van der Waals surface area contributed by atoms with Crippen LogP contribution in [0, 0.1) is 0 Å². The fraction of sp³-hybridized carbons (Fsp3) is 0.353. The number of nitrogens with one attached hydrogen (secondary N) is 3. The molecule has 2 aromatic rings. The molecule has 0 bridgehead atoms. The predicted molar refractivity (Wildman–Crippen MR) is 110 cm³/mol. The lowest BCUT2D eigenvalue weighted by atomic mass is 10.2. The molecule has 1 aromatic heterocycles. The third-order valence-corrected chi connectivity index (χ3v) is 3.41. The van der Waals surface area contributed by atoms with Crippen molar-refractivity contribution in [3.63, 3.8) is 0 Å². The van der Waals surface area contributed by atoms with Gasteiger partial charge in [-0.3, -0.25) is 9.48 Å². The Labute approximate surface area is 165 Å². The molecule has 0 spiro atoms. The minimum atomic E-state index is -0.0787. The van der Waals surface area contributed by atoms with Crippen molar-refractivity contribution in [2.24, 2.45) is 12.0 Å². The van der Waals surface area contributed by atoms with Crippen molar-refractivity contribution in [1.29, 1.82) is 0 Å². The van der Waals surface area contributed by atoms with E-state index in [4.69, 9.17) is 0 Å². The van der Waals surface area contributed by atoms with E-state index in [2.05, 4.69) is 26.0 Å². The van der Waals surface area contributed by atoms with Gasteiger partial charge in [-0.2, -0.15) is 5.10 Å². The van der Waals surface area contributed by atoms with Gasteiger partial charge < -0.3 is 16.0 Å². The zero-order valence-corrected chi connectivity index (χ0v) is 16.9. The molecule has 0 unspecified atom stereocenters. The van der Waals surface area contributed by atoms with Gasteiger partial charge in [0.1, 0.15) is 0 Å². The number of carbonyl (C=O) groups excluding carboxylic acids is 1. The number of hydrogen-bond acceptors (Lipinski definition) is 3. The van der Waals surface area contributed by atoms with E-state index < -0.39 is 0 Å². The Morgan fingerprint density at radius 1 is 1.16 bits per heavy atom. The summed E-state index contributed by atoms with van der Waals surface area (Å²) in [5, 5.41) is 13.1. The highest BCUT2D eigenvalue weighted by molar-refractivity contribution is 14.0. The lowest BCUT2D eigenvalue weighted by molar-refractivity contribution is -0.120. The van der Waals surface area contributed by atoms with Gasteiger partial charge in [0.2, 0.25) is 5.91 Å². The number of aromatic nitrogens is 2. The number of halogens is 1. The molecule has 0 saturated heterocycles. The molecule has 3 N–H and O–H groups in total. The molecule has 136 valence electrons. The Morgan fingerprint density at radius 2 is 1.92 bits per heavy atom. The molecule has 0 radical (unpaired) electrons. The van der Waals surface area contributed by atoms with Crippen LogP contribution in [0.3, 0.4) is 0 Å². The maximum atomic E-state index is 11.9. The molecule has 1 heterocycles. The Balaban J connectivity index is 0.00000312. The normalized spacial score (nSPS) is 10.7. The summed E-state index contributed by atoms with van der Waals surface area (Å²) in [6, 6.07) is 11.7. The van der Waals surface area contributed by atoms with Gasteiger partial charge in [-0.05, 0) is 18.6 Å². The van der Waals surface area contributed by atoms with Crippen LogP contribution in [0.25, 0.3) is 0 Å². The molecule has 1 amide bonds. The number of rotatable bonds is 7. The number of aryl methyl sites for hydroxylation is 1. The molecule has 0 aliphatic rings. The van der Waals surface area contributed by atoms with E-state index in [1.54, 1.807) is 10.9 Å². The molecule has 8 heteroatoms. The lowest BCUT2D eigenvalue weighted by Crippen LogP contribution is -2.43. The summed E-state index contributed by atoms with van der Waals surface area (Å²) in [5.74, 6) is 0.526. The lowest BCUT2D eigenvalue weighted by Gasteiger charge is -2.11. The highest BCUT2D eigenvalue weighted by atomic mass is 127. The summed E-state index contributed by atoms with van der Waals surface area (Å²) in [5.41, 5.74) is 2.07. The van der Waals surface area contributed by atoms with Gasteiger partial charge >= 0.3 is 0 Å². The van der Waals surface area contributed by atoms with E-state index in [0.717, 1.165) is 17.8 Å². The van der Waals surface area contributed by atoms with Gasteiger partial charge in [0, 0.05) is 26.3 Å². The van der Waals surface area contributed by atoms with Gasteiger partial charge in [0.05, 0.1) is 18.8 Å². The van der Waals surface area contributed by atoms with Crippen molar-refractivity contribution in [2.75, 3.05) is 13.1 Å². The number of aliphatic imine (C=N–C) groups is 1. The van der Waals surface area contributed by atoms with Crippen LogP contribution in [0.15, 0.2) is 47.6 Å². The monoisotopic (exact) mass is 456 g/mol. The molecule has 0 fully saturated rings.